The van der Waals surface area contributed by atoms with Gasteiger partial charge in [0.25, 0.3) is 11.8 Å². The number of carbonyl (C=O) groups excluding carboxylic acids is 2. The number of rotatable bonds is 15. The largest absolute Gasteiger partial charge is 0.488 e. The summed E-state index contributed by atoms with van der Waals surface area (Å²) >= 11 is 7.27. The van der Waals surface area contributed by atoms with Gasteiger partial charge in [0.15, 0.2) is 16.6 Å². The number of hydrogen-bond acceptors (Lipinski definition) is 13. The van der Waals surface area contributed by atoms with Crippen LogP contribution in [0.5, 0.6) is 0 Å². The van der Waals surface area contributed by atoms with E-state index in [4.69, 9.17) is 46.2 Å². The van der Waals surface area contributed by atoms with Gasteiger partial charge in [0.1, 0.15) is 5.84 Å². The van der Waals surface area contributed by atoms with Crippen molar-refractivity contribution in [2.75, 3.05) is 26.4 Å². The number of benzene rings is 2. The lowest BCUT2D eigenvalue weighted by atomic mass is 9.79. The zero-order valence-electron chi connectivity index (χ0n) is 45.1. The lowest BCUT2D eigenvalue weighted by Gasteiger charge is -2.43. The Bertz CT molecular complexity index is 2530. The van der Waals surface area contributed by atoms with Gasteiger partial charge in [-0.15, -0.1) is 0 Å². The first-order valence-electron chi connectivity index (χ1n) is 24.3. The average Bonchev–Trinajstić information content (AvgIpc) is 3.69. The summed E-state index contributed by atoms with van der Waals surface area (Å²) in [5, 5.41) is 51.9. The van der Waals surface area contributed by atoms with Crippen molar-refractivity contribution in [2.45, 2.75) is 148 Å². The first kappa shape index (κ1) is 63.1. The molecule has 22 heteroatoms. The van der Waals surface area contributed by atoms with Crippen LogP contribution in [-0.4, -0.2) is 93.7 Å². The van der Waals surface area contributed by atoms with Crippen LogP contribution in [-0.2, 0) is 40.7 Å². The van der Waals surface area contributed by atoms with Crippen LogP contribution in [0.15, 0.2) is 63.3 Å². The van der Waals surface area contributed by atoms with Gasteiger partial charge in [-0.1, -0.05) is 97.7 Å². The van der Waals surface area contributed by atoms with Gasteiger partial charge >= 0.3 is 7.12 Å². The van der Waals surface area contributed by atoms with E-state index in [1.54, 1.807) is 23.0 Å². The van der Waals surface area contributed by atoms with Gasteiger partial charge in [0.2, 0.25) is 0 Å². The van der Waals surface area contributed by atoms with Gasteiger partial charge in [0.05, 0.1) is 77.3 Å². The van der Waals surface area contributed by atoms with Crippen molar-refractivity contribution >= 4 is 78.7 Å². The molecule has 0 spiro atoms. The summed E-state index contributed by atoms with van der Waals surface area (Å²) < 4.78 is 27.5. The molecular weight excluding hydrogens is 1090 g/mol. The van der Waals surface area contributed by atoms with Crippen LogP contribution in [0, 0.1) is 39.9 Å². The normalized spacial score (nSPS) is 18.9. The predicted octanol–water partition coefficient (Wildman–Crippen LogP) is 7.89. The highest BCUT2D eigenvalue weighted by atomic mass is 79.9. The van der Waals surface area contributed by atoms with Gasteiger partial charge < -0.3 is 50.9 Å². The van der Waals surface area contributed by atoms with E-state index in [-0.39, 0.29) is 39.6 Å². The Balaban J connectivity index is 0.000000315. The van der Waals surface area contributed by atoms with Crippen LogP contribution in [0.1, 0.15) is 121 Å². The molecule has 10 N–H and O–H groups in total. The molecule has 3 heterocycles. The fourth-order valence-electron chi connectivity index (χ4n) is 7.82. The molecule has 2 amide bonds. The first-order chi connectivity index (χ1) is 33.5. The number of nitrogens with zero attached hydrogens (tertiary/aromatic N) is 4. The third-order valence-electron chi connectivity index (χ3n) is 14.1. The lowest BCUT2D eigenvalue weighted by Crippen LogP contribution is -2.46. The molecule has 0 bridgehead atoms. The lowest BCUT2D eigenvalue weighted by molar-refractivity contribution is -0.114. The Kier molecular flexibility index (Phi) is 22.1. The highest BCUT2D eigenvalue weighted by Gasteiger charge is 2.44. The van der Waals surface area contributed by atoms with Crippen molar-refractivity contribution in [1.29, 1.82) is 15.9 Å². The first-order valence-corrected chi connectivity index (χ1v) is 31.7. The summed E-state index contributed by atoms with van der Waals surface area (Å²) in [7, 11) is -5.34. The summed E-state index contributed by atoms with van der Waals surface area (Å²) in [6.07, 6.45) is 4.64. The van der Waals surface area contributed by atoms with Crippen LogP contribution in [0.4, 0.5) is 0 Å². The summed E-state index contributed by atoms with van der Waals surface area (Å²) in [6, 6.07) is 15.6. The number of nitrogens with two attached hydrogens (primary N) is 3. The molecular formula is C51H78BBr2N9O8Si2. The maximum absolute atomic E-state index is 12.2. The van der Waals surface area contributed by atoms with Gasteiger partial charge in [-0.25, -0.2) is 0 Å². The number of ether oxygens (including phenoxy) is 2. The predicted molar refractivity (Wildman–Crippen MR) is 299 cm³/mol. The van der Waals surface area contributed by atoms with Gasteiger partial charge in [0, 0.05) is 41.0 Å². The number of nitriles is 2. The maximum atomic E-state index is 12.2. The Morgan fingerprint density at radius 3 is 1.78 bits per heavy atom. The third-order valence-corrected chi connectivity index (χ3v) is 24.6. The van der Waals surface area contributed by atoms with Gasteiger partial charge in [-0.2, -0.15) is 15.6 Å². The molecule has 0 radical (unpaired) electrons. The topological polar surface area (TPSA) is 291 Å². The van der Waals surface area contributed by atoms with Crippen molar-refractivity contribution in [3.05, 3.63) is 91.3 Å². The van der Waals surface area contributed by atoms with Gasteiger partial charge in [-0.3, -0.25) is 19.7 Å². The molecule has 73 heavy (non-hydrogen) atoms. The second-order valence-electron chi connectivity index (χ2n) is 22.6. The molecule has 1 aromatic heterocycles. The minimum Gasteiger partial charge on any atom is -0.423 e. The number of halogens is 2. The molecule has 2 aromatic carbocycles. The molecule has 2 aliphatic heterocycles. The SMILES string of the molecule is CC(C)(O[Si](C)(C)C(C)(C)C)c1ccc(B(O)O)cc1Br.CC(C)(O[Si](C)(C)C(C)(C)C)c1ccc(Cc2nn(C3COCC[C@H]3C#N)cc2C(N)=O)cc1Br.N#C[C@@H]1CCOCC1N/C=C(\C(=N)N)C(N)=O. The summed E-state index contributed by atoms with van der Waals surface area (Å²) in [4.78, 5) is 23.1. The highest BCUT2D eigenvalue weighted by molar-refractivity contribution is 9.10. The smallest absolute Gasteiger partial charge is 0.423 e. The van der Waals surface area contributed by atoms with E-state index in [0.717, 1.165) is 25.6 Å². The van der Waals surface area contributed by atoms with Crippen LogP contribution < -0.4 is 28.0 Å². The number of amides is 2. The molecule has 5 rings (SSSR count). The van der Waals surface area contributed by atoms with Gasteiger partial charge in [-0.05, 0) is 111 Å². The average molecular weight is 1170 g/mol. The van der Waals surface area contributed by atoms with Crippen LogP contribution >= 0.6 is 31.9 Å². The second kappa shape index (κ2) is 25.6. The number of amidine groups is 1. The van der Waals surface area contributed by atoms with E-state index in [1.165, 1.54) is 6.20 Å². The quantitative estimate of drug-likeness (QED) is 0.0330. The highest BCUT2D eigenvalue weighted by Crippen LogP contribution is 2.44. The summed E-state index contributed by atoms with van der Waals surface area (Å²) in [5.41, 5.74) is 19.4. The second-order valence-corrected chi connectivity index (χ2v) is 33.7. The minimum atomic E-state index is -1.98. The fraction of sp³-hybridized carbons (Fsp3) is 0.569. The number of carbonyl (C=O) groups is 2. The van der Waals surface area contributed by atoms with Crippen LogP contribution in [0.2, 0.25) is 36.3 Å². The van der Waals surface area contributed by atoms with E-state index in [1.807, 2.05) is 12.1 Å². The van der Waals surface area contributed by atoms with E-state index >= 15 is 0 Å². The third kappa shape index (κ3) is 17.2. The molecule has 2 unspecified atom stereocenters. The molecule has 400 valence electrons. The minimum absolute atomic E-state index is 0.104. The fourth-order valence-corrected chi connectivity index (χ4v) is 13.0. The van der Waals surface area contributed by atoms with Crippen molar-refractivity contribution in [3.8, 4) is 12.1 Å². The Morgan fingerprint density at radius 1 is 0.849 bits per heavy atom. The number of primary amides is 2. The number of aromatic nitrogens is 2. The molecule has 0 saturated carbocycles. The maximum Gasteiger partial charge on any atom is 0.488 e. The van der Waals surface area contributed by atoms with Crippen molar-refractivity contribution in [2.24, 2.45) is 29.0 Å². The van der Waals surface area contributed by atoms with E-state index in [2.05, 4.69) is 162 Å². The Morgan fingerprint density at radius 2 is 1.34 bits per heavy atom. The van der Waals surface area contributed by atoms with Crippen molar-refractivity contribution < 1.29 is 38.0 Å². The molecule has 3 aromatic rings. The van der Waals surface area contributed by atoms with Crippen LogP contribution in [0.3, 0.4) is 0 Å². The van der Waals surface area contributed by atoms with E-state index < -0.39 is 52.6 Å². The van der Waals surface area contributed by atoms with Crippen molar-refractivity contribution in [3.63, 3.8) is 0 Å². The molecule has 0 aliphatic carbocycles. The zero-order chi connectivity index (χ0) is 55.7. The number of hydrogen-bond donors (Lipinski definition) is 7. The molecule has 2 fully saturated rings. The molecule has 4 atom stereocenters. The Hall–Kier alpha value is -4.20. The standard InChI is InChI=1S/C26H37BrN4O3Si.C15H26BBrO3Si.C10H15N5O2/c1-25(2,3)35(6,7)34-26(4,5)20-9-8-17(12-21(20)27)13-22-19(24(29)32)15-31(30-22)23-16-33-11-10-18(23)14-28;1-14(2,3)21(6,7)20-15(4,5)12-9-8-11(16(18)19)10-13(12)17;11-3-6-1-2-17-5-8(6)15-4-7(9(12)13)10(14)16/h8-9,12,15,18,23H,10-11,13,16H2,1-7H3,(H2,29,32);8-10,18-19H,1-7H3;4,6,8,15H,1-2,5H2,(H3,12,13)(H2,14,16)/b;;7-4+/t18-,23?;;6-,8?/m0.0/s1. The monoisotopic (exact) mass is 1170 g/mol. The number of nitrogens with one attached hydrogen (secondary N) is 2. The van der Waals surface area contributed by atoms with Crippen LogP contribution in [0.25, 0.3) is 0 Å². The summed E-state index contributed by atoms with van der Waals surface area (Å²) in [5.74, 6) is -2.13. The molecule has 2 aliphatic rings. The van der Waals surface area contributed by atoms with Crippen molar-refractivity contribution in [1.82, 2.24) is 15.1 Å². The van der Waals surface area contributed by atoms with E-state index in [0.29, 0.717) is 62.4 Å². The van der Waals surface area contributed by atoms with E-state index in [9.17, 15) is 24.9 Å². The zero-order valence-corrected chi connectivity index (χ0v) is 50.2. The summed E-state index contributed by atoms with van der Waals surface area (Å²) in [6.45, 7) is 32.5. The molecule has 17 nitrogen and oxygen atoms in total. The Labute approximate surface area is 452 Å². The molecule has 2 saturated heterocycles.